The molecule has 1 aliphatic carbocycles. The number of nitrogens with zero attached hydrogens (tertiary/aromatic N) is 5. The van der Waals surface area contributed by atoms with Gasteiger partial charge >= 0.3 is 6.18 Å². The van der Waals surface area contributed by atoms with Crippen molar-refractivity contribution in [2.24, 2.45) is 0 Å². The number of benzene rings is 1. The van der Waals surface area contributed by atoms with Gasteiger partial charge in [-0.05, 0) is 57.6 Å². The van der Waals surface area contributed by atoms with Crippen molar-refractivity contribution in [2.45, 2.75) is 88.0 Å². The van der Waals surface area contributed by atoms with Gasteiger partial charge in [-0.25, -0.2) is 18.7 Å². The molecule has 14 heteroatoms. The molecule has 0 amide bonds. The standard InChI is InChI=1S/C29H30F5N7O2/c1-11-19(29(32,33)34)14(9-15(35)20(11)30)22-21(31)23-18-25(39-27(38-23)41-8-7-28(41)6-5-17(28)42)40-10-13-3-4-16(36-13)24(40)12(2)43-26(18)37-22/h9,12-13,16-17,24,36,42H,3-8,10,35H2,1-2H3/t12-,13+,16-,17?,24+,28?/m0/s1. The van der Waals surface area contributed by atoms with Gasteiger partial charge in [-0.3, -0.25) is 0 Å². The monoisotopic (exact) mass is 603 g/mol. The van der Waals surface area contributed by atoms with Crippen molar-refractivity contribution >= 4 is 28.4 Å². The van der Waals surface area contributed by atoms with Crippen molar-refractivity contribution in [3.8, 4) is 17.1 Å². The van der Waals surface area contributed by atoms with Gasteiger partial charge in [-0.15, -0.1) is 0 Å². The van der Waals surface area contributed by atoms with Crippen molar-refractivity contribution in [3.63, 3.8) is 0 Å². The second kappa shape index (κ2) is 8.78. The number of hydrogen-bond donors (Lipinski definition) is 3. The molecule has 2 aromatic heterocycles. The Morgan fingerprint density at radius 1 is 1.12 bits per heavy atom. The largest absolute Gasteiger partial charge is 0.472 e. The number of rotatable bonds is 2. The average molecular weight is 604 g/mol. The van der Waals surface area contributed by atoms with Crippen LogP contribution in [0.5, 0.6) is 5.88 Å². The van der Waals surface area contributed by atoms with Crippen LogP contribution in [0, 0.1) is 18.6 Å². The maximum Gasteiger partial charge on any atom is 0.417 e. The maximum absolute atomic E-state index is 16.7. The number of nitrogen functional groups attached to an aromatic ring is 1. The van der Waals surface area contributed by atoms with Gasteiger partial charge in [0.1, 0.15) is 34.3 Å². The maximum atomic E-state index is 16.7. The summed E-state index contributed by atoms with van der Waals surface area (Å²) in [6.45, 7) is 3.92. The topological polar surface area (TPSA) is 113 Å². The Kier molecular flexibility index (Phi) is 5.52. The lowest BCUT2D eigenvalue weighted by molar-refractivity contribution is -0.137. The van der Waals surface area contributed by atoms with Crippen LogP contribution in [0.25, 0.3) is 22.2 Å². The van der Waals surface area contributed by atoms with Crippen molar-refractivity contribution in [3.05, 3.63) is 28.8 Å². The molecular formula is C29H30F5N7O2. The molecule has 8 rings (SSSR count). The van der Waals surface area contributed by atoms with E-state index in [1.807, 2.05) is 11.8 Å². The summed E-state index contributed by atoms with van der Waals surface area (Å²) >= 11 is 0. The Labute approximate surface area is 243 Å². The van der Waals surface area contributed by atoms with E-state index >= 15 is 4.39 Å². The first-order chi connectivity index (χ1) is 20.4. The normalized spacial score (nSPS) is 31.0. The van der Waals surface area contributed by atoms with Gasteiger partial charge in [-0.1, -0.05) is 0 Å². The number of aliphatic hydroxyl groups excluding tert-OH is 1. The van der Waals surface area contributed by atoms with Crippen molar-refractivity contribution < 1.29 is 31.8 Å². The number of alkyl halides is 3. The van der Waals surface area contributed by atoms with E-state index in [-0.39, 0.29) is 40.9 Å². The van der Waals surface area contributed by atoms with Crippen LogP contribution < -0.4 is 25.6 Å². The van der Waals surface area contributed by atoms with Gasteiger partial charge < -0.3 is 30.7 Å². The Bertz CT molecular complexity index is 1700. The second-order valence-electron chi connectivity index (χ2n) is 12.5. The summed E-state index contributed by atoms with van der Waals surface area (Å²) in [5, 5.41) is 14.4. The number of fused-ring (bicyclic) bond motifs is 5. The molecule has 9 nitrogen and oxygen atoms in total. The van der Waals surface area contributed by atoms with E-state index in [0.717, 1.165) is 38.7 Å². The highest BCUT2D eigenvalue weighted by molar-refractivity contribution is 5.98. The van der Waals surface area contributed by atoms with Gasteiger partial charge in [0.15, 0.2) is 5.82 Å². The highest BCUT2D eigenvalue weighted by Gasteiger charge is 2.57. The zero-order valence-corrected chi connectivity index (χ0v) is 23.5. The molecule has 4 aliphatic heterocycles. The van der Waals surface area contributed by atoms with E-state index in [9.17, 15) is 22.7 Å². The molecule has 4 fully saturated rings. The Hall–Kier alpha value is -3.52. The third-order valence-electron chi connectivity index (χ3n) is 10.3. The molecule has 3 aromatic rings. The van der Waals surface area contributed by atoms with E-state index in [0.29, 0.717) is 25.3 Å². The molecule has 43 heavy (non-hydrogen) atoms. The van der Waals surface area contributed by atoms with Crippen LogP contribution in [0.3, 0.4) is 0 Å². The average Bonchev–Trinajstić information content (AvgIpc) is 3.24. The molecule has 6 heterocycles. The summed E-state index contributed by atoms with van der Waals surface area (Å²) in [6, 6.07) is 0.795. The fourth-order valence-corrected chi connectivity index (χ4v) is 7.99. The second-order valence-corrected chi connectivity index (χ2v) is 12.5. The molecule has 1 aromatic carbocycles. The number of hydrogen-bond acceptors (Lipinski definition) is 9. The number of nitrogens with one attached hydrogen (secondary N) is 1. The number of aromatic nitrogens is 3. The molecule has 228 valence electrons. The summed E-state index contributed by atoms with van der Waals surface area (Å²) in [4.78, 5) is 17.8. The zero-order chi connectivity index (χ0) is 30.2. The van der Waals surface area contributed by atoms with E-state index in [1.54, 1.807) is 0 Å². The molecule has 4 N–H and O–H groups in total. The van der Waals surface area contributed by atoms with Crippen molar-refractivity contribution in [1.82, 2.24) is 20.3 Å². The van der Waals surface area contributed by atoms with Crippen LogP contribution in [-0.4, -0.2) is 69.0 Å². The van der Waals surface area contributed by atoms with Gasteiger partial charge in [0, 0.05) is 30.7 Å². The van der Waals surface area contributed by atoms with Gasteiger partial charge in [-0.2, -0.15) is 18.2 Å². The Balaban J connectivity index is 1.41. The van der Waals surface area contributed by atoms with Gasteiger partial charge in [0.05, 0.1) is 28.9 Å². The highest BCUT2D eigenvalue weighted by Crippen LogP contribution is 2.51. The van der Waals surface area contributed by atoms with Gasteiger partial charge in [0.25, 0.3) is 0 Å². The summed E-state index contributed by atoms with van der Waals surface area (Å²) in [7, 11) is 0. The number of pyridine rings is 1. The Morgan fingerprint density at radius 3 is 2.56 bits per heavy atom. The molecule has 1 spiro atoms. The summed E-state index contributed by atoms with van der Waals surface area (Å²) < 4.78 is 80.8. The first kappa shape index (κ1) is 27.1. The lowest BCUT2D eigenvalue weighted by atomic mass is 9.65. The predicted molar refractivity (Wildman–Crippen MR) is 148 cm³/mol. The molecule has 6 atom stereocenters. The van der Waals surface area contributed by atoms with Crippen molar-refractivity contribution in [1.29, 1.82) is 0 Å². The number of ether oxygens (including phenoxy) is 1. The molecule has 2 unspecified atom stereocenters. The molecule has 0 radical (unpaired) electrons. The molecule has 1 saturated carbocycles. The lowest BCUT2D eigenvalue weighted by Crippen LogP contribution is -2.72. The number of nitrogens with two attached hydrogens (primary N) is 1. The highest BCUT2D eigenvalue weighted by atomic mass is 19.4. The third-order valence-corrected chi connectivity index (χ3v) is 10.3. The van der Waals surface area contributed by atoms with Crippen LogP contribution in [0.15, 0.2) is 6.07 Å². The zero-order valence-electron chi connectivity index (χ0n) is 23.5. The number of anilines is 3. The quantitative estimate of drug-likeness (QED) is 0.295. The van der Waals surface area contributed by atoms with E-state index in [2.05, 4.69) is 20.2 Å². The minimum Gasteiger partial charge on any atom is -0.472 e. The lowest BCUT2D eigenvalue weighted by Gasteiger charge is -2.61. The summed E-state index contributed by atoms with van der Waals surface area (Å²) in [5.74, 6) is -1.84. The molecular weight excluding hydrogens is 573 g/mol. The third kappa shape index (κ3) is 3.59. The number of aliphatic hydroxyl groups is 1. The smallest absolute Gasteiger partial charge is 0.417 e. The van der Waals surface area contributed by atoms with Gasteiger partial charge in [0.2, 0.25) is 11.8 Å². The van der Waals surface area contributed by atoms with Crippen LogP contribution in [-0.2, 0) is 6.18 Å². The minimum atomic E-state index is -5.03. The first-order valence-electron chi connectivity index (χ1n) is 14.6. The number of halogens is 5. The minimum absolute atomic E-state index is 0.0565. The Morgan fingerprint density at radius 2 is 1.91 bits per heavy atom. The fourth-order valence-electron chi connectivity index (χ4n) is 7.99. The van der Waals surface area contributed by atoms with Crippen LogP contribution in [0.1, 0.15) is 50.2 Å². The fraction of sp³-hybridized carbons (Fsp3) is 0.552. The molecule has 5 aliphatic rings. The summed E-state index contributed by atoms with van der Waals surface area (Å²) in [6.07, 6.45) is -2.17. The number of piperazine rings is 1. The van der Waals surface area contributed by atoms with E-state index < -0.39 is 63.6 Å². The molecule has 3 saturated heterocycles. The van der Waals surface area contributed by atoms with Crippen LogP contribution in [0.4, 0.5) is 39.4 Å². The van der Waals surface area contributed by atoms with Crippen molar-refractivity contribution in [2.75, 3.05) is 28.6 Å². The van der Waals surface area contributed by atoms with E-state index in [1.165, 1.54) is 0 Å². The predicted octanol–water partition coefficient (Wildman–Crippen LogP) is 4.07. The first-order valence-corrected chi connectivity index (χ1v) is 14.6. The molecule has 2 bridgehead atoms. The van der Waals surface area contributed by atoms with E-state index in [4.69, 9.17) is 15.5 Å². The summed E-state index contributed by atoms with van der Waals surface area (Å²) in [5.41, 5.74) is 0.897. The van der Waals surface area contributed by atoms with Crippen LogP contribution >= 0.6 is 0 Å². The van der Waals surface area contributed by atoms with Crippen LogP contribution in [0.2, 0.25) is 0 Å². The SMILES string of the molecule is Cc1c(F)c(N)cc(-c2nc3c4c(nc(N5CCC56CCC6O)nc4c2F)N2C[C@H]4CC[C@H](N4)[C@H]2[C@H](C)O3)c1C(F)(F)F.